The molecule has 1 saturated heterocycles. The maximum absolute atomic E-state index is 12.7. The number of rotatable bonds is 8. The highest BCUT2D eigenvalue weighted by Crippen LogP contribution is 2.30. The fraction of sp³-hybridized carbons (Fsp3) is 0.480. The number of aliphatic hydroxyl groups excluding tert-OH is 1. The minimum Gasteiger partial charge on any atom is -0.481 e. The number of benzene rings is 2. The van der Waals surface area contributed by atoms with Gasteiger partial charge in [0.2, 0.25) is 0 Å². The van der Waals surface area contributed by atoms with E-state index in [0.29, 0.717) is 12.3 Å². The Morgan fingerprint density at radius 1 is 1.19 bits per heavy atom. The van der Waals surface area contributed by atoms with Crippen LogP contribution in [0.3, 0.4) is 0 Å². The van der Waals surface area contributed by atoms with Gasteiger partial charge in [-0.05, 0) is 75.4 Å². The van der Waals surface area contributed by atoms with Gasteiger partial charge in [-0.2, -0.15) is 0 Å². The van der Waals surface area contributed by atoms with Gasteiger partial charge in [0.15, 0.2) is 6.10 Å². The Hall–Kier alpha value is -2.77. The predicted molar refractivity (Wildman–Crippen MR) is 129 cm³/mol. The number of amides is 1. The van der Waals surface area contributed by atoms with Crippen molar-refractivity contribution < 1.29 is 14.6 Å². The van der Waals surface area contributed by atoms with Crippen molar-refractivity contribution in [2.75, 3.05) is 30.7 Å². The second-order valence-electron chi connectivity index (χ2n) is 8.72. The lowest BCUT2D eigenvalue weighted by atomic mass is 10.0. The van der Waals surface area contributed by atoms with Gasteiger partial charge in [-0.15, -0.1) is 0 Å². The molecule has 0 aliphatic carbocycles. The van der Waals surface area contributed by atoms with Crippen molar-refractivity contribution in [3.05, 3.63) is 53.1 Å². The number of ether oxygens (including phenoxy) is 1. The van der Waals surface area contributed by atoms with Crippen LogP contribution in [0.1, 0.15) is 36.5 Å². The summed E-state index contributed by atoms with van der Waals surface area (Å²) in [5.41, 5.74) is 10.7. The van der Waals surface area contributed by atoms with Crippen LogP contribution in [0.2, 0.25) is 0 Å². The molecule has 3 rings (SSSR count). The maximum Gasteiger partial charge on any atom is 0.260 e. The Kier molecular flexibility index (Phi) is 7.99. The summed E-state index contributed by atoms with van der Waals surface area (Å²) >= 11 is 0. The molecule has 0 saturated carbocycles. The number of nitrogens with two attached hydrogens (primary N) is 1. The summed E-state index contributed by atoms with van der Waals surface area (Å²) in [6.45, 7) is 9.84. The third kappa shape index (κ3) is 6.14. The van der Waals surface area contributed by atoms with Gasteiger partial charge in [0, 0.05) is 37.1 Å². The van der Waals surface area contributed by atoms with Crippen molar-refractivity contribution in [1.82, 2.24) is 10.2 Å². The fourth-order valence-corrected chi connectivity index (χ4v) is 4.03. The van der Waals surface area contributed by atoms with Gasteiger partial charge < -0.3 is 26.2 Å². The van der Waals surface area contributed by atoms with Gasteiger partial charge in [0.05, 0.1) is 0 Å². The smallest absolute Gasteiger partial charge is 0.260 e. The van der Waals surface area contributed by atoms with Crippen molar-refractivity contribution in [3.63, 3.8) is 0 Å². The van der Waals surface area contributed by atoms with Gasteiger partial charge in [0.1, 0.15) is 12.0 Å². The Morgan fingerprint density at radius 2 is 1.84 bits per heavy atom. The van der Waals surface area contributed by atoms with Crippen LogP contribution in [0.4, 0.5) is 11.4 Å². The molecular formula is C25H36N4O3. The summed E-state index contributed by atoms with van der Waals surface area (Å²) in [5, 5.41) is 16.5. The van der Waals surface area contributed by atoms with Gasteiger partial charge in [-0.25, -0.2) is 0 Å². The molecule has 7 nitrogen and oxygen atoms in total. The number of hydrogen-bond donors (Lipinski definition) is 4. The molecule has 2 atom stereocenters. The molecule has 174 valence electrons. The Bertz CT molecular complexity index is 911. The number of nitrogens with zero attached hydrogens (tertiary/aromatic N) is 1. The van der Waals surface area contributed by atoms with Crippen molar-refractivity contribution in [2.24, 2.45) is 0 Å². The average Bonchev–Trinajstić information content (AvgIpc) is 2.77. The zero-order chi connectivity index (χ0) is 23.3. The molecule has 1 amide bonds. The van der Waals surface area contributed by atoms with Crippen LogP contribution in [0.25, 0.3) is 0 Å². The second kappa shape index (κ2) is 10.7. The van der Waals surface area contributed by atoms with E-state index in [1.807, 2.05) is 57.2 Å². The van der Waals surface area contributed by atoms with E-state index in [1.165, 1.54) is 0 Å². The van der Waals surface area contributed by atoms with Gasteiger partial charge in [0.25, 0.3) is 5.91 Å². The van der Waals surface area contributed by atoms with Gasteiger partial charge >= 0.3 is 0 Å². The van der Waals surface area contributed by atoms with Crippen molar-refractivity contribution >= 4 is 17.3 Å². The quantitative estimate of drug-likeness (QED) is 0.372. The number of nitrogen functional groups attached to an aromatic ring is 1. The van der Waals surface area contributed by atoms with Gasteiger partial charge in [-0.1, -0.05) is 18.2 Å². The van der Waals surface area contributed by atoms with Crippen LogP contribution >= 0.6 is 0 Å². The first-order chi connectivity index (χ1) is 15.2. The highest BCUT2D eigenvalue weighted by atomic mass is 16.5. The molecule has 1 heterocycles. The largest absolute Gasteiger partial charge is 0.481 e. The summed E-state index contributed by atoms with van der Waals surface area (Å²) < 4.78 is 5.98. The van der Waals surface area contributed by atoms with Crippen LogP contribution in [0.5, 0.6) is 5.75 Å². The van der Waals surface area contributed by atoms with Crippen LogP contribution < -0.4 is 21.1 Å². The number of β-amino-alcohol motifs (C(OH)–C–C–N with tert-alkyl or cyclic N) is 1. The highest BCUT2D eigenvalue weighted by Gasteiger charge is 2.25. The Balaban J connectivity index is 1.44. The van der Waals surface area contributed by atoms with Crippen molar-refractivity contribution in [3.8, 4) is 5.75 Å². The normalized spacial score (nSPS) is 16.9. The number of aryl methyl sites for hydroxylation is 1. The average molecular weight is 441 g/mol. The predicted octanol–water partition coefficient (Wildman–Crippen LogP) is 2.97. The SMILES string of the molecule is Cc1cc(OC(C)C(=O)NC2CCN(CC(O)Nc3ccccc3)CC2)c(C)c(C)c1N. The molecular weight excluding hydrogens is 404 g/mol. The summed E-state index contributed by atoms with van der Waals surface area (Å²) in [6.07, 6.45) is 0.462. The number of carbonyl (C=O) groups is 1. The van der Waals surface area contributed by atoms with E-state index in [4.69, 9.17) is 10.5 Å². The van der Waals surface area contributed by atoms with Gasteiger partial charge in [-0.3, -0.25) is 9.69 Å². The van der Waals surface area contributed by atoms with E-state index in [9.17, 15) is 9.90 Å². The number of nitrogens with one attached hydrogen (secondary N) is 2. The molecule has 7 heteroatoms. The number of anilines is 2. The maximum atomic E-state index is 12.7. The number of hydrogen-bond acceptors (Lipinski definition) is 6. The fourth-order valence-electron chi connectivity index (χ4n) is 4.03. The summed E-state index contributed by atoms with van der Waals surface area (Å²) in [7, 11) is 0. The number of para-hydroxylation sites is 1. The summed E-state index contributed by atoms with van der Waals surface area (Å²) in [5.74, 6) is 0.590. The van der Waals surface area contributed by atoms with E-state index < -0.39 is 12.3 Å². The first-order valence-corrected chi connectivity index (χ1v) is 11.3. The standard InChI is InChI=1S/C25H36N4O3/c1-16-14-22(17(2)18(3)24(16)26)32-19(4)25(31)28-21-10-12-29(13-11-21)15-23(30)27-20-8-6-5-7-9-20/h5-9,14,19,21,23,27,30H,10-13,15,26H2,1-4H3,(H,28,31). The van der Waals surface area contributed by atoms with Crippen LogP contribution in [-0.4, -0.2) is 53.9 Å². The molecule has 2 unspecified atom stereocenters. The number of likely N-dealkylation sites (tertiary alicyclic amines) is 1. The molecule has 32 heavy (non-hydrogen) atoms. The number of aliphatic hydroxyl groups is 1. The minimum atomic E-state index is -0.632. The Morgan fingerprint density at radius 3 is 2.50 bits per heavy atom. The molecule has 1 aliphatic heterocycles. The molecule has 0 aromatic heterocycles. The Labute approximate surface area is 190 Å². The van der Waals surface area contributed by atoms with Crippen molar-refractivity contribution in [1.29, 1.82) is 0 Å². The molecule has 1 fully saturated rings. The van der Waals surface area contributed by atoms with E-state index in [-0.39, 0.29) is 11.9 Å². The van der Waals surface area contributed by atoms with Crippen LogP contribution in [-0.2, 0) is 4.79 Å². The first-order valence-electron chi connectivity index (χ1n) is 11.3. The lowest BCUT2D eigenvalue weighted by molar-refractivity contribution is -0.128. The zero-order valence-electron chi connectivity index (χ0n) is 19.5. The summed E-state index contributed by atoms with van der Waals surface area (Å²) in [4.78, 5) is 14.9. The molecule has 5 N–H and O–H groups in total. The lowest BCUT2D eigenvalue weighted by Gasteiger charge is -2.34. The third-order valence-corrected chi connectivity index (χ3v) is 6.25. The topological polar surface area (TPSA) is 99.8 Å². The third-order valence-electron chi connectivity index (χ3n) is 6.25. The molecule has 2 aromatic carbocycles. The molecule has 0 spiro atoms. The van der Waals surface area contributed by atoms with E-state index in [1.54, 1.807) is 6.92 Å². The highest BCUT2D eigenvalue weighted by molar-refractivity contribution is 5.81. The van der Waals surface area contributed by atoms with E-state index >= 15 is 0 Å². The number of carbonyl (C=O) groups excluding carboxylic acids is 1. The van der Waals surface area contributed by atoms with Crippen LogP contribution in [0, 0.1) is 20.8 Å². The number of piperidine rings is 1. The van der Waals surface area contributed by atoms with E-state index in [2.05, 4.69) is 15.5 Å². The van der Waals surface area contributed by atoms with Crippen LogP contribution in [0.15, 0.2) is 36.4 Å². The minimum absolute atomic E-state index is 0.110. The van der Waals surface area contributed by atoms with E-state index in [0.717, 1.165) is 54.0 Å². The molecule has 0 bridgehead atoms. The monoisotopic (exact) mass is 440 g/mol. The zero-order valence-corrected chi connectivity index (χ0v) is 19.5. The molecule has 1 aliphatic rings. The van der Waals surface area contributed by atoms with Crippen molar-refractivity contribution in [2.45, 2.75) is 58.9 Å². The summed E-state index contributed by atoms with van der Waals surface area (Å²) in [6, 6.07) is 11.7. The second-order valence-corrected chi connectivity index (χ2v) is 8.72. The first kappa shape index (κ1) is 23.9. The molecule has 2 aromatic rings. The lowest BCUT2D eigenvalue weighted by Crippen LogP contribution is -2.49. The molecule has 0 radical (unpaired) electrons.